The lowest BCUT2D eigenvalue weighted by Crippen LogP contribution is -2.51. The molecule has 1 aromatic rings. The third-order valence-electron chi connectivity index (χ3n) is 2.74. The number of benzene rings is 1. The molecule has 0 unspecified atom stereocenters. The van der Waals surface area contributed by atoms with Crippen molar-refractivity contribution < 1.29 is 24.2 Å². The molecule has 120 valence electrons. The molecule has 2 amide bonds. The summed E-state index contributed by atoms with van der Waals surface area (Å²) in [7, 11) is 0. The summed E-state index contributed by atoms with van der Waals surface area (Å²) in [5.41, 5.74) is 0.816. The highest BCUT2D eigenvalue weighted by Crippen LogP contribution is 2.01. The van der Waals surface area contributed by atoms with Gasteiger partial charge in [-0.3, -0.25) is 4.79 Å². The number of carboxylic acid groups (broad SMARTS) is 1. The predicted octanol–water partition coefficient (Wildman–Crippen LogP) is 0.800. The van der Waals surface area contributed by atoms with Crippen molar-refractivity contribution in [3.05, 3.63) is 35.9 Å². The number of thiol groups is 1. The second-order valence-corrected chi connectivity index (χ2v) is 4.87. The van der Waals surface area contributed by atoms with Gasteiger partial charge in [0.25, 0.3) is 0 Å². The van der Waals surface area contributed by atoms with Crippen molar-refractivity contribution in [3.63, 3.8) is 0 Å². The van der Waals surface area contributed by atoms with Gasteiger partial charge in [-0.1, -0.05) is 30.3 Å². The van der Waals surface area contributed by atoms with E-state index in [0.717, 1.165) is 5.56 Å². The maximum absolute atomic E-state index is 11.7. The molecule has 0 bridgehead atoms. The van der Waals surface area contributed by atoms with Crippen LogP contribution >= 0.6 is 12.6 Å². The van der Waals surface area contributed by atoms with Crippen LogP contribution in [0.5, 0.6) is 0 Å². The van der Waals surface area contributed by atoms with Gasteiger partial charge < -0.3 is 20.5 Å². The van der Waals surface area contributed by atoms with Crippen molar-refractivity contribution in [2.24, 2.45) is 0 Å². The molecule has 1 aromatic carbocycles. The van der Waals surface area contributed by atoms with Gasteiger partial charge >= 0.3 is 12.1 Å². The molecule has 8 heteroatoms. The summed E-state index contributed by atoms with van der Waals surface area (Å²) in [5.74, 6) is -1.87. The lowest BCUT2D eigenvalue weighted by molar-refractivity contribution is -0.141. The normalized spacial score (nSPS) is 12.8. The number of nitrogens with one attached hydrogen (secondary N) is 2. The summed E-state index contributed by atoms with van der Waals surface area (Å²) in [5, 5.41) is 13.4. The minimum atomic E-state index is -1.19. The van der Waals surface area contributed by atoms with Crippen LogP contribution in [0.4, 0.5) is 4.79 Å². The number of alkyl carbamates (subject to hydrolysis) is 1. The number of carboxylic acids is 1. The number of hydrogen-bond acceptors (Lipinski definition) is 5. The first-order chi connectivity index (χ1) is 10.4. The minimum Gasteiger partial charge on any atom is -0.480 e. The highest BCUT2D eigenvalue weighted by molar-refractivity contribution is 7.80. The van der Waals surface area contributed by atoms with E-state index in [4.69, 9.17) is 9.84 Å². The number of rotatable bonds is 7. The van der Waals surface area contributed by atoms with Crippen LogP contribution in [0, 0.1) is 0 Å². The van der Waals surface area contributed by atoms with Crippen molar-refractivity contribution in [1.82, 2.24) is 10.6 Å². The quantitative estimate of drug-likeness (QED) is 0.555. The van der Waals surface area contributed by atoms with Crippen molar-refractivity contribution >= 4 is 30.6 Å². The molecule has 0 spiro atoms. The maximum Gasteiger partial charge on any atom is 0.408 e. The van der Waals surface area contributed by atoms with E-state index in [1.165, 1.54) is 6.92 Å². The van der Waals surface area contributed by atoms with Gasteiger partial charge in [-0.15, -0.1) is 0 Å². The molecule has 0 aliphatic heterocycles. The highest BCUT2D eigenvalue weighted by Gasteiger charge is 2.23. The van der Waals surface area contributed by atoms with Crippen molar-refractivity contribution in [1.29, 1.82) is 0 Å². The van der Waals surface area contributed by atoms with E-state index in [2.05, 4.69) is 23.3 Å². The first-order valence-electron chi connectivity index (χ1n) is 6.55. The Morgan fingerprint density at radius 1 is 1.23 bits per heavy atom. The Morgan fingerprint density at radius 2 is 1.86 bits per heavy atom. The average molecular weight is 326 g/mol. The smallest absolute Gasteiger partial charge is 0.408 e. The van der Waals surface area contributed by atoms with E-state index in [0.29, 0.717) is 0 Å². The second-order valence-electron chi connectivity index (χ2n) is 4.51. The highest BCUT2D eigenvalue weighted by atomic mass is 32.1. The third kappa shape index (κ3) is 6.04. The van der Waals surface area contributed by atoms with Gasteiger partial charge in [0.2, 0.25) is 5.91 Å². The second kappa shape index (κ2) is 8.93. The molecular formula is C14H18N2O5S. The molecule has 1 rings (SSSR count). The summed E-state index contributed by atoms with van der Waals surface area (Å²) in [6, 6.07) is 7.04. The molecule has 7 nitrogen and oxygen atoms in total. The van der Waals surface area contributed by atoms with Crippen molar-refractivity contribution in [3.8, 4) is 0 Å². The van der Waals surface area contributed by atoms with E-state index in [9.17, 15) is 14.4 Å². The average Bonchev–Trinajstić information content (AvgIpc) is 2.50. The lowest BCUT2D eigenvalue weighted by atomic mass is 10.2. The molecule has 0 radical (unpaired) electrons. The molecule has 0 aromatic heterocycles. The Hall–Kier alpha value is -2.22. The first kappa shape index (κ1) is 17.8. The van der Waals surface area contributed by atoms with Crippen molar-refractivity contribution in [2.45, 2.75) is 25.6 Å². The van der Waals surface area contributed by atoms with E-state index >= 15 is 0 Å². The standard InChI is InChI=1S/C14H18N2O5S/c1-9(12(17)16-11(8-22)13(18)19)15-14(20)21-7-10-5-3-2-4-6-10/h2-6,9,11,22H,7-8H2,1H3,(H,15,20)(H,16,17)(H,18,19)/t9-,11-/m0/s1. The van der Waals surface area contributed by atoms with E-state index in [1.807, 2.05) is 18.2 Å². The topological polar surface area (TPSA) is 105 Å². The summed E-state index contributed by atoms with van der Waals surface area (Å²) < 4.78 is 4.97. The zero-order valence-electron chi connectivity index (χ0n) is 12.0. The summed E-state index contributed by atoms with van der Waals surface area (Å²) >= 11 is 3.83. The molecule has 0 heterocycles. The molecule has 3 N–H and O–H groups in total. The first-order valence-corrected chi connectivity index (χ1v) is 7.18. The molecule has 0 fully saturated rings. The number of hydrogen-bond donors (Lipinski definition) is 4. The largest absolute Gasteiger partial charge is 0.480 e. The SMILES string of the molecule is C[C@H](NC(=O)OCc1ccccc1)C(=O)N[C@@H](CS)C(=O)O. The van der Waals surface area contributed by atoms with Gasteiger partial charge in [-0.05, 0) is 12.5 Å². The van der Waals surface area contributed by atoms with Crippen LogP contribution in [0.2, 0.25) is 0 Å². The Balaban J connectivity index is 2.39. The fraction of sp³-hybridized carbons (Fsp3) is 0.357. The zero-order chi connectivity index (χ0) is 16.5. The Kier molecular flexibility index (Phi) is 7.24. The van der Waals surface area contributed by atoms with Crippen LogP contribution < -0.4 is 10.6 Å². The monoisotopic (exact) mass is 326 g/mol. The van der Waals surface area contributed by atoms with Crippen LogP contribution in [-0.4, -0.2) is 40.9 Å². The summed E-state index contributed by atoms with van der Waals surface area (Å²) in [6.07, 6.45) is -0.760. The molecule has 0 aliphatic rings. The molecule has 0 saturated carbocycles. The number of carbonyl (C=O) groups excluding carboxylic acids is 2. The summed E-state index contributed by atoms with van der Waals surface area (Å²) in [6.45, 7) is 1.51. The zero-order valence-corrected chi connectivity index (χ0v) is 12.9. The molecule has 22 heavy (non-hydrogen) atoms. The van der Waals surface area contributed by atoms with Gasteiger partial charge in [0.1, 0.15) is 18.7 Å². The van der Waals surface area contributed by atoms with Gasteiger partial charge in [0.15, 0.2) is 0 Å². The minimum absolute atomic E-state index is 0.0494. The van der Waals surface area contributed by atoms with E-state index < -0.39 is 30.1 Å². The van der Waals surface area contributed by atoms with Gasteiger partial charge in [0.05, 0.1) is 0 Å². The molecule has 0 saturated heterocycles. The third-order valence-corrected chi connectivity index (χ3v) is 3.10. The number of aliphatic carboxylic acids is 1. The van der Waals surface area contributed by atoms with Gasteiger partial charge in [-0.2, -0.15) is 12.6 Å². The Labute approximate surface area is 133 Å². The van der Waals surface area contributed by atoms with Crippen LogP contribution in [0.15, 0.2) is 30.3 Å². The van der Waals surface area contributed by atoms with E-state index in [-0.39, 0.29) is 12.4 Å². The maximum atomic E-state index is 11.7. The fourth-order valence-corrected chi connectivity index (χ4v) is 1.74. The number of carbonyl (C=O) groups is 3. The molecule has 2 atom stereocenters. The van der Waals surface area contributed by atoms with Crippen LogP contribution in [0.3, 0.4) is 0 Å². The molecule has 0 aliphatic carbocycles. The fourth-order valence-electron chi connectivity index (χ4n) is 1.49. The van der Waals surface area contributed by atoms with Crippen LogP contribution in [-0.2, 0) is 20.9 Å². The van der Waals surface area contributed by atoms with Crippen LogP contribution in [0.25, 0.3) is 0 Å². The number of ether oxygens (including phenoxy) is 1. The Morgan fingerprint density at radius 3 is 2.41 bits per heavy atom. The number of amides is 2. The van der Waals surface area contributed by atoms with Gasteiger partial charge in [-0.25, -0.2) is 9.59 Å². The van der Waals surface area contributed by atoms with Crippen LogP contribution in [0.1, 0.15) is 12.5 Å². The molecular weight excluding hydrogens is 308 g/mol. The van der Waals surface area contributed by atoms with E-state index in [1.54, 1.807) is 12.1 Å². The van der Waals surface area contributed by atoms with Crippen molar-refractivity contribution in [2.75, 3.05) is 5.75 Å². The predicted molar refractivity (Wildman–Crippen MR) is 82.6 cm³/mol. The lowest BCUT2D eigenvalue weighted by Gasteiger charge is -2.17. The Bertz CT molecular complexity index is 523. The van der Waals surface area contributed by atoms with Gasteiger partial charge in [0, 0.05) is 5.75 Å². The summed E-state index contributed by atoms with van der Waals surface area (Å²) in [4.78, 5) is 34.1.